The van der Waals surface area contributed by atoms with E-state index in [1.165, 1.54) is 5.56 Å². The maximum atomic E-state index is 6.42. The van der Waals surface area contributed by atoms with Crippen LogP contribution in [0.15, 0.2) is 36.4 Å². The van der Waals surface area contributed by atoms with Crippen LogP contribution in [0.5, 0.6) is 5.75 Å². The molecule has 1 atom stereocenters. The molecule has 0 saturated heterocycles. The summed E-state index contributed by atoms with van der Waals surface area (Å²) in [5, 5.41) is 0.728. The van der Waals surface area contributed by atoms with Gasteiger partial charge in [-0.25, -0.2) is 0 Å². The van der Waals surface area contributed by atoms with Crippen molar-refractivity contribution in [1.29, 1.82) is 0 Å². The van der Waals surface area contributed by atoms with Crippen molar-refractivity contribution in [2.75, 3.05) is 0 Å². The Bertz CT molecular complexity index is 673. The van der Waals surface area contributed by atoms with Gasteiger partial charge in [-0.15, -0.1) is 0 Å². The van der Waals surface area contributed by atoms with Crippen LogP contribution in [0.25, 0.3) is 0 Å². The number of rotatable bonds is 2. The molecule has 1 aliphatic heterocycles. The summed E-state index contributed by atoms with van der Waals surface area (Å²) in [7, 11) is 0. The zero-order valence-electron chi connectivity index (χ0n) is 12.6. The second kappa shape index (κ2) is 5.04. The standard InChI is InChI=1S/C18H20ClNO/c1-11-6-13(9-15(19)7-11)17(20)12-4-5-16-14(8-12)10-18(2,3)21-16/h4-9,17H,10,20H2,1-3H3. The number of hydrogen-bond donors (Lipinski definition) is 1. The lowest BCUT2D eigenvalue weighted by atomic mass is 9.94. The number of benzene rings is 2. The van der Waals surface area contributed by atoms with Gasteiger partial charge in [0.1, 0.15) is 11.4 Å². The topological polar surface area (TPSA) is 35.2 Å². The summed E-state index contributed by atoms with van der Waals surface area (Å²) in [6, 6.07) is 12.0. The normalized spacial score (nSPS) is 17.2. The van der Waals surface area contributed by atoms with Crippen molar-refractivity contribution in [3.8, 4) is 5.75 Å². The lowest BCUT2D eigenvalue weighted by Gasteiger charge is -2.16. The predicted octanol–water partition coefficient (Wildman–Crippen LogP) is 4.41. The zero-order chi connectivity index (χ0) is 15.2. The first-order valence-corrected chi connectivity index (χ1v) is 7.56. The van der Waals surface area contributed by atoms with Crippen molar-refractivity contribution in [1.82, 2.24) is 0 Å². The van der Waals surface area contributed by atoms with Crippen LogP contribution in [0.1, 0.15) is 42.1 Å². The molecule has 3 rings (SSSR count). The number of fused-ring (bicyclic) bond motifs is 1. The van der Waals surface area contributed by atoms with Gasteiger partial charge < -0.3 is 10.5 Å². The minimum absolute atomic E-state index is 0.127. The molecule has 0 aliphatic carbocycles. The average Bonchev–Trinajstić information content (AvgIpc) is 2.69. The SMILES string of the molecule is Cc1cc(Cl)cc(C(N)c2ccc3c(c2)CC(C)(C)O3)c1. The molecule has 0 aromatic heterocycles. The van der Waals surface area contributed by atoms with Crippen LogP contribution in [0, 0.1) is 6.92 Å². The van der Waals surface area contributed by atoms with Crippen molar-refractivity contribution in [2.45, 2.75) is 38.8 Å². The first-order valence-electron chi connectivity index (χ1n) is 7.19. The Morgan fingerprint density at radius 2 is 1.90 bits per heavy atom. The first-order chi connectivity index (χ1) is 9.84. The average molecular weight is 302 g/mol. The third-order valence-electron chi connectivity index (χ3n) is 3.87. The van der Waals surface area contributed by atoms with Gasteiger partial charge in [0.05, 0.1) is 6.04 Å². The van der Waals surface area contributed by atoms with Gasteiger partial charge >= 0.3 is 0 Å². The molecule has 2 N–H and O–H groups in total. The fraction of sp³-hybridized carbons (Fsp3) is 0.333. The Hall–Kier alpha value is -1.51. The van der Waals surface area contributed by atoms with E-state index in [1.54, 1.807) is 0 Å². The summed E-state index contributed by atoms with van der Waals surface area (Å²) >= 11 is 6.14. The van der Waals surface area contributed by atoms with Gasteiger partial charge in [-0.3, -0.25) is 0 Å². The van der Waals surface area contributed by atoms with E-state index >= 15 is 0 Å². The molecule has 0 radical (unpaired) electrons. The van der Waals surface area contributed by atoms with Crippen molar-refractivity contribution in [3.63, 3.8) is 0 Å². The summed E-state index contributed by atoms with van der Waals surface area (Å²) in [5.74, 6) is 0.971. The molecule has 3 heteroatoms. The second-order valence-electron chi connectivity index (χ2n) is 6.45. The monoisotopic (exact) mass is 301 g/mol. The number of hydrogen-bond acceptors (Lipinski definition) is 2. The molecule has 1 aliphatic rings. The lowest BCUT2D eigenvalue weighted by Crippen LogP contribution is -2.24. The number of aryl methyl sites for hydroxylation is 1. The lowest BCUT2D eigenvalue weighted by molar-refractivity contribution is 0.138. The van der Waals surface area contributed by atoms with E-state index in [9.17, 15) is 0 Å². The first kappa shape index (κ1) is 14.4. The van der Waals surface area contributed by atoms with Gasteiger partial charge in [0.15, 0.2) is 0 Å². The third-order valence-corrected chi connectivity index (χ3v) is 4.09. The molecular weight excluding hydrogens is 282 g/mol. The van der Waals surface area contributed by atoms with Gasteiger partial charge in [-0.1, -0.05) is 29.8 Å². The fourth-order valence-electron chi connectivity index (χ4n) is 2.96. The highest BCUT2D eigenvalue weighted by Gasteiger charge is 2.30. The minimum Gasteiger partial charge on any atom is -0.487 e. The van der Waals surface area contributed by atoms with Gasteiger partial charge in [0.25, 0.3) is 0 Å². The minimum atomic E-state index is -0.170. The highest BCUT2D eigenvalue weighted by Crippen LogP contribution is 2.36. The smallest absolute Gasteiger partial charge is 0.123 e. The summed E-state index contributed by atoms with van der Waals surface area (Å²) < 4.78 is 5.91. The molecule has 110 valence electrons. The Labute approximate surface area is 130 Å². The largest absolute Gasteiger partial charge is 0.487 e. The summed E-state index contributed by atoms with van der Waals surface area (Å²) in [4.78, 5) is 0. The van der Waals surface area contributed by atoms with Crippen molar-refractivity contribution in [3.05, 3.63) is 63.7 Å². The molecule has 2 nitrogen and oxygen atoms in total. The molecule has 2 aromatic carbocycles. The molecule has 2 aromatic rings. The Morgan fingerprint density at radius 3 is 2.62 bits per heavy atom. The number of halogens is 1. The Morgan fingerprint density at radius 1 is 1.14 bits per heavy atom. The van der Waals surface area contributed by atoms with Crippen LogP contribution in [-0.2, 0) is 6.42 Å². The number of nitrogens with two attached hydrogens (primary N) is 1. The Balaban J connectivity index is 1.95. The molecule has 21 heavy (non-hydrogen) atoms. The van der Waals surface area contributed by atoms with E-state index in [2.05, 4.69) is 26.0 Å². The van der Waals surface area contributed by atoms with Crippen molar-refractivity contribution >= 4 is 11.6 Å². The van der Waals surface area contributed by atoms with E-state index in [0.29, 0.717) is 0 Å². The highest BCUT2D eigenvalue weighted by molar-refractivity contribution is 6.30. The van der Waals surface area contributed by atoms with E-state index in [4.69, 9.17) is 22.1 Å². The molecule has 0 fully saturated rings. The van der Waals surface area contributed by atoms with E-state index in [1.807, 2.05) is 31.2 Å². The van der Waals surface area contributed by atoms with E-state index in [-0.39, 0.29) is 11.6 Å². The quantitative estimate of drug-likeness (QED) is 0.891. The van der Waals surface area contributed by atoms with Gasteiger partial charge in [0.2, 0.25) is 0 Å². The van der Waals surface area contributed by atoms with Crippen LogP contribution in [0.2, 0.25) is 5.02 Å². The van der Waals surface area contributed by atoms with Gasteiger partial charge in [-0.2, -0.15) is 0 Å². The summed E-state index contributed by atoms with van der Waals surface area (Å²) in [6.07, 6.45) is 0.914. The molecular formula is C18H20ClNO. The van der Waals surface area contributed by atoms with Crippen LogP contribution < -0.4 is 10.5 Å². The molecule has 0 saturated carbocycles. The number of ether oxygens (including phenoxy) is 1. The molecule has 0 bridgehead atoms. The fourth-order valence-corrected chi connectivity index (χ4v) is 3.26. The molecule has 0 amide bonds. The molecule has 1 unspecified atom stereocenters. The third kappa shape index (κ3) is 2.92. The maximum absolute atomic E-state index is 6.42. The molecule has 1 heterocycles. The zero-order valence-corrected chi connectivity index (χ0v) is 13.4. The van der Waals surface area contributed by atoms with Crippen LogP contribution in [0.4, 0.5) is 0 Å². The highest BCUT2D eigenvalue weighted by atomic mass is 35.5. The molecule has 0 spiro atoms. The van der Waals surface area contributed by atoms with E-state index < -0.39 is 0 Å². The summed E-state index contributed by atoms with van der Waals surface area (Å²) in [5.41, 5.74) is 10.8. The van der Waals surface area contributed by atoms with Gasteiger partial charge in [-0.05, 0) is 61.2 Å². The predicted molar refractivity (Wildman–Crippen MR) is 87.1 cm³/mol. The van der Waals surface area contributed by atoms with Crippen LogP contribution in [0.3, 0.4) is 0 Å². The van der Waals surface area contributed by atoms with E-state index in [0.717, 1.165) is 33.9 Å². The van der Waals surface area contributed by atoms with Gasteiger partial charge in [0, 0.05) is 11.4 Å². The van der Waals surface area contributed by atoms with Crippen molar-refractivity contribution < 1.29 is 4.74 Å². The Kier molecular flexibility index (Phi) is 3.46. The van der Waals surface area contributed by atoms with Crippen LogP contribution in [-0.4, -0.2) is 5.60 Å². The maximum Gasteiger partial charge on any atom is 0.123 e. The van der Waals surface area contributed by atoms with Crippen LogP contribution >= 0.6 is 11.6 Å². The van der Waals surface area contributed by atoms with Crippen molar-refractivity contribution in [2.24, 2.45) is 5.73 Å². The second-order valence-corrected chi connectivity index (χ2v) is 6.88. The summed E-state index contributed by atoms with van der Waals surface area (Å²) in [6.45, 7) is 6.24.